The molecule has 0 radical (unpaired) electrons. The van der Waals surface area contributed by atoms with Crippen molar-refractivity contribution in [1.29, 1.82) is 0 Å². The second-order valence-corrected chi connectivity index (χ2v) is 4.27. The number of aliphatic hydroxyl groups excluding tert-OH is 2. The van der Waals surface area contributed by atoms with Crippen LogP contribution >= 0.6 is 11.6 Å². The first-order valence-electron chi connectivity index (χ1n) is 5.33. The fourth-order valence-corrected chi connectivity index (χ4v) is 1.78. The van der Waals surface area contributed by atoms with Crippen LogP contribution in [0, 0.1) is 6.92 Å². The van der Waals surface area contributed by atoms with Crippen LogP contribution in [0.15, 0.2) is 18.2 Å². The lowest BCUT2D eigenvalue weighted by atomic mass is 9.98. The van der Waals surface area contributed by atoms with E-state index in [0.29, 0.717) is 23.6 Å². The number of hydrogen-bond donors (Lipinski definition) is 3. The third-order valence-electron chi connectivity index (χ3n) is 2.68. The van der Waals surface area contributed by atoms with Crippen molar-refractivity contribution in [2.24, 2.45) is 0 Å². The van der Waals surface area contributed by atoms with E-state index >= 15 is 0 Å². The molecule has 1 aromatic carbocycles. The van der Waals surface area contributed by atoms with Crippen molar-refractivity contribution in [3.8, 4) is 0 Å². The summed E-state index contributed by atoms with van der Waals surface area (Å²) in [4.78, 5) is 0. The number of hydrogen-bond acceptors (Lipinski definition) is 3. The van der Waals surface area contributed by atoms with E-state index in [9.17, 15) is 10.2 Å². The molecule has 0 amide bonds. The van der Waals surface area contributed by atoms with Gasteiger partial charge in [0, 0.05) is 5.02 Å². The van der Waals surface area contributed by atoms with E-state index in [-0.39, 0.29) is 0 Å². The van der Waals surface area contributed by atoms with Gasteiger partial charge in [0.05, 0.1) is 6.10 Å². The first-order chi connectivity index (χ1) is 7.57. The lowest BCUT2D eigenvalue weighted by Crippen LogP contribution is -2.23. The van der Waals surface area contributed by atoms with E-state index in [0.717, 1.165) is 5.56 Å². The van der Waals surface area contributed by atoms with Gasteiger partial charge < -0.3 is 15.5 Å². The van der Waals surface area contributed by atoms with Crippen LogP contribution in [0.1, 0.15) is 23.7 Å². The topological polar surface area (TPSA) is 52.5 Å². The smallest absolute Gasteiger partial charge is 0.105 e. The molecule has 90 valence electrons. The minimum Gasteiger partial charge on any atom is -0.390 e. The quantitative estimate of drug-likeness (QED) is 0.737. The van der Waals surface area contributed by atoms with Gasteiger partial charge in [0.1, 0.15) is 6.10 Å². The third-order valence-corrected chi connectivity index (χ3v) is 3.09. The number of halogens is 1. The molecule has 3 nitrogen and oxygen atoms in total. The normalized spacial score (nSPS) is 14.8. The molecule has 0 bridgehead atoms. The Labute approximate surface area is 101 Å². The standard InChI is InChI=1S/C12H18ClNO2/c1-8-9(4-3-5-10(8)13)12(16)11(15)6-7-14-2/h3-5,11-12,14-16H,6-7H2,1-2H3. The van der Waals surface area contributed by atoms with E-state index in [1.165, 1.54) is 0 Å². The molecule has 4 heteroatoms. The van der Waals surface area contributed by atoms with E-state index in [1.54, 1.807) is 18.2 Å². The summed E-state index contributed by atoms with van der Waals surface area (Å²) < 4.78 is 0. The molecular weight excluding hydrogens is 226 g/mol. The zero-order valence-corrected chi connectivity index (χ0v) is 10.3. The zero-order valence-electron chi connectivity index (χ0n) is 9.57. The van der Waals surface area contributed by atoms with Crippen molar-refractivity contribution >= 4 is 11.6 Å². The maximum Gasteiger partial charge on any atom is 0.105 e. The summed E-state index contributed by atoms with van der Waals surface area (Å²) in [7, 11) is 1.81. The Kier molecular flexibility index (Phi) is 5.22. The summed E-state index contributed by atoms with van der Waals surface area (Å²) in [6, 6.07) is 5.33. The van der Waals surface area contributed by atoms with Gasteiger partial charge in [0.2, 0.25) is 0 Å². The predicted octanol–water partition coefficient (Wildman–Crippen LogP) is 1.65. The summed E-state index contributed by atoms with van der Waals surface area (Å²) in [6.45, 7) is 2.50. The van der Waals surface area contributed by atoms with Gasteiger partial charge in [0.25, 0.3) is 0 Å². The minimum absolute atomic E-state index is 0.504. The molecule has 0 saturated heterocycles. The van der Waals surface area contributed by atoms with Crippen LogP contribution in [-0.2, 0) is 0 Å². The van der Waals surface area contributed by atoms with Gasteiger partial charge in [-0.2, -0.15) is 0 Å². The largest absolute Gasteiger partial charge is 0.390 e. The Morgan fingerprint density at radius 1 is 1.38 bits per heavy atom. The highest BCUT2D eigenvalue weighted by molar-refractivity contribution is 6.31. The Morgan fingerprint density at radius 2 is 2.06 bits per heavy atom. The summed E-state index contributed by atoms with van der Waals surface area (Å²) in [5.74, 6) is 0. The van der Waals surface area contributed by atoms with Gasteiger partial charge in [-0.15, -0.1) is 0 Å². The molecule has 1 rings (SSSR count). The van der Waals surface area contributed by atoms with Crippen molar-refractivity contribution in [2.75, 3.05) is 13.6 Å². The minimum atomic E-state index is -0.882. The third kappa shape index (κ3) is 3.19. The fourth-order valence-electron chi connectivity index (χ4n) is 1.60. The molecule has 2 unspecified atom stereocenters. The molecule has 0 fully saturated rings. The predicted molar refractivity (Wildman–Crippen MR) is 65.7 cm³/mol. The van der Waals surface area contributed by atoms with E-state index < -0.39 is 12.2 Å². The molecule has 0 saturated carbocycles. The van der Waals surface area contributed by atoms with Gasteiger partial charge in [-0.3, -0.25) is 0 Å². The summed E-state index contributed by atoms with van der Waals surface area (Å²) in [5, 5.41) is 23.3. The van der Waals surface area contributed by atoms with Gasteiger partial charge in [-0.05, 0) is 44.1 Å². The van der Waals surface area contributed by atoms with Crippen molar-refractivity contribution in [1.82, 2.24) is 5.32 Å². The van der Waals surface area contributed by atoms with Crippen molar-refractivity contribution < 1.29 is 10.2 Å². The lowest BCUT2D eigenvalue weighted by molar-refractivity contribution is 0.0137. The Balaban J connectivity index is 2.79. The highest BCUT2D eigenvalue weighted by atomic mass is 35.5. The van der Waals surface area contributed by atoms with Crippen molar-refractivity contribution in [3.63, 3.8) is 0 Å². The average molecular weight is 244 g/mol. The SMILES string of the molecule is CNCCC(O)C(O)c1cccc(Cl)c1C. The lowest BCUT2D eigenvalue weighted by Gasteiger charge is -2.20. The van der Waals surface area contributed by atoms with Crippen LogP contribution in [0.25, 0.3) is 0 Å². The first kappa shape index (κ1) is 13.5. The van der Waals surface area contributed by atoms with Gasteiger partial charge in [-0.25, -0.2) is 0 Å². The second-order valence-electron chi connectivity index (χ2n) is 3.86. The molecule has 0 spiro atoms. The molecule has 0 aliphatic carbocycles. The molecule has 0 heterocycles. The molecular formula is C12H18ClNO2. The van der Waals surface area contributed by atoms with Gasteiger partial charge >= 0.3 is 0 Å². The number of rotatable bonds is 5. The molecule has 2 atom stereocenters. The maximum absolute atomic E-state index is 9.98. The van der Waals surface area contributed by atoms with Crippen molar-refractivity contribution in [3.05, 3.63) is 34.3 Å². The molecule has 0 aliphatic heterocycles. The van der Waals surface area contributed by atoms with Crippen molar-refractivity contribution in [2.45, 2.75) is 25.6 Å². The Morgan fingerprint density at radius 3 is 2.69 bits per heavy atom. The fraction of sp³-hybridized carbons (Fsp3) is 0.500. The van der Waals surface area contributed by atoms with E-state index in [1.807, 2.05) is 14.0 Å². The second kappa shape index (κ2) is 6.21. The molecule has 16 heavy (non-hydrogen) atoms. The number of aliphatic hydroxyl groups is 2. The Hall–Kier alpha value is -0.610. The number of nitrogens with one attached hydrogen (secondary N) is 1. The van der Waals surface area contributed by atoms with E-state index in [4.69, 9.17) is 11.6 Å². The summed E-state index contributed by atoms with van der Waals surface area (Å²) in [6.07, 6.45) is -1.15. The zero-order chi connectivity index (χ0) is 12.1. The molecule has 0 aliphatic rings. The van der Waals surface area contributed by atoms with Crippen LogP contribution < -0.4 is 5.32 Å². The van der Waals surface area contributed by atoms with Crippen LogP contribution in [0.5, 0.6) is 0 Å². The van der Waals surface area contributed by atoms with Gasteiger partial charge in [-0.1, -0.05) is 23.7 Å². The highest BCUT2D eigenvalue weighted by Gasteiger charge is 2.20. The summed E-state index contributed by atoms with van der Waals surface area (Å²) in [5.41, 5.74) is 1.51. The monoisotopic (exact) mass is 243 g/mol. The van der Waals surface area contributed by atoms with Crippen LogP contribution in [0.3, 0.4) is 0 Å². The van der Waals surface area contributed by atoms with Gasteiger partial charge in [0.15, 0.2) is 0 Å². The highest BCUT2D eigenvalue weighted by Crippen LogP contribution is 2.26. The average Bonchev–Trinajstić information content (AvgIpc) is 2.28. The Bertz CT molecular complexity index is 344. The number of benzene rings is 1. The summed E-state index contributed by atoms with van der Waals surface area (Å²) >= 11 is 5.96. The van der Waals surface area contributed by atoms with Crippen LogP contribution in [-0.4, -0.2) is 29.9 Å². The molecule has 3 N–H and O–H groups in total. The maximum atomic E-state index is 9.98. The molecule has 1 aromatic rings. The first-order valence-corrected chi connectivity index (χ1v) is 5.71. The van der Waals surface area contributed by atoms with E-state index in [2.05, 4.69) is 5.32 Å². The van der Waals surface area contributed by atoms with Crippen LogP contribution in [0.2, 0.25) is 5.02 Å². The molecule has 0 aromatic heterocycles. The van der Waals surface area contributed by atoms with Crippen LogP contribution in [0.4, 0.5) is 0 Å².